The van der Waals surface area contributed by atoms with Crippen molar-refractivity contribution in [2.24, 2.45) is 0 Å². The average molecular weight is 413 g/mol. The van der Waals surface area contributed by atoms with Crippen LogP contribution in [0.1, 0.15) is 42.4 Å². The van der Waals surface area contributed by atoms with Crippen molar-refractivity contribution in [3.05, 3.63) is 75.4 Å². The Bertz CT molecular complexity index is 966. The normalized spacial score (nSPS) is 14.3. The molecule has 0 N–H and O–H groups in total. The predicted molar refractivity (Wildman–Crippen MR) is 114 cm³/mol. The highest BCUT2D eigenvalue weighted by atomic mass is 35.5. The fourth-order valence-corrected chi connectivity index (χ4v) is 3.98. The Morgan fingerprint density at radius 1 is 1.04 bits per heavy atom. The van der Waals surface area contributed by atoms with Crippen LogP contribution in [0.3, 0.4) is 0 Å². The minimum Gasteiger partial charge on any atom is -0.294 e. The highest BCUT2D eigenvalue weighted by Gasteiger charge is 2.19. The SMILES string of the molecule is CC(C)c1ncc2c(n1)CCN(Cc1ccc(-c3cc(Cl)cc(Cl)c3)nc1)C2. The molecule has 0 radical (unpaired) electrons. The van der Waals surface area contributed by atoms with Gasteiger partial charge in [0.15, 0.2) is 0 Å². The van der Waals surface area contributed by atoms with Gasteiger partial charge in [0.05, 0.1) is 5.69 Å². The van der Waals surface area contributed by atoms with Crippen molar-refractivity contribution in [2.75, 3.05) is 6.54 Å². The first-order chi connectivity index (χ1) is 13.5. The second-order valence-electron chi connectivity index (χ2n) is 7.53. The van der Waals surface area contributed by atoms with Gasteiger partial charge in [0.25, 0.3) is 0 Å². The summed E-state index contributed by atoms with van der Waals surface area (Å²) in [6.45, 7) is 6.98. The van der Waals surface area contributed by atoms with E-state index in [1.165, 1.54) is 16.8 Å². The Balaban J connectivity index is 1.45. The molecule has 0 saturated heterocycles. The van der Waals surface area contributed by atoms with Crippen LogP contribution in [0, 0.1) is 0 Å². The second kappa shape index (κ2) is 8.16. The van der Waals surface area contributed by atoms with E-state index in [2.05, 4.69) is 34.8 Å². The van der Waals surface area contributed by atoms with Gasteiger partial charge in [-0.2, -0.15) is 0 Å². The minimum absolute atomic E-state index is 0.363. The van der Waals surface area contributed by atoms with Crippen molar-refractivity contribution < 1.29 is 0 Å². The summed E-state index contributed by atoms with van der Waals surface area (Å²) in [6, 6.07) is 9.62. The Morgan fingerprint density at radius 3 is 2.50 bits per heavy atom. The number of hydrogen-bond donors (Lipinski definition) is 0. The van der Waals surface area contributed by atoms with E-state index in [4.69, 9.17) is 28.2 Å². The molecule has 3 heterocycles. The van der Waals surface area contributed by atoms with E-state index in [-0.39, 0.29) is 0 Å². The van der Waals surface area contributed by atoms with Gasteiger partial charge in [-0.25, -0.2) is 9.97 Å². The lowest BCUT2D eigenvalue weighted by Crippen LogP contribution is -2.31. The summed E-state index contributed by atoms with van der Waals surface area (Å²) < 4.78 is 0. The van der Waals surface area contributed by atoms with Crippen molar-refractivity contribution in [3.63, 3.8) is 0 Å². The Labute approximate surface area is 175 Å². The molecule has 0 saturated carbocycles. The summed E-state index contributed by atoms with van der Waals surface area (Å²) in [5.74, 6) is 1.30. The summed E-state index contributed by atoms with van der Waals surface area (Å²) in [5, 5.41) is 1.23. The molecule has 0 unspecified atom stereocenters. The lowest BCUT2D eigenvalue weighted by Gasteiger charge is -2.28. The molecule has 144 valence electrons. The van der Waals surface area contributed by atoms with Gasteiger partial charge in [0.1, 0.15) is 5.82 Å². The maximum Gasteiger partial charge on any atom is 0.131 e. The second-order valence-corrected chi connectivity index (χ2v) is 8.40. The number of benzene rings is 1. The topological polar surface area (TPSA) is 41.9 Å². The average Bonchev–Trinajstić information content (AvgIpc) is 2.67. The van der Waals surface area contributed by atoms with Crippen LogP contribution in [0.2, 0.25) is 10.0 Å². The first kappa shape index (κ1) is 19.3. The van der Waals surface area contributed by atoms with Crippen molar-refractivity contribution in [1.82, 2.24) is 19.9 Å². The highest BCUT2D eigenvalue weighted by Crippen LogP contribution is 2.26. The van der Waals surface area contributed by atoms with Gasteiger partial charge in [-0.3, -0.25) is 9.88 Å². The zero-order chi connectivity index (χ0) is 19.7. The summed E-state index contributed by atoms with van der Waals surface area (Å²) in [5.41, 5.74) is 5.40. The van der Waals surface area contributed by atoms with E-state index >= 15 is 0 Å². The van der Waals surface area contributed by atoms with E-state index in [0.29, 0.717) is 16.0 Å². The first-order valence-corrected chi connectivity index (χ1v) is 10.2. The van der Waals surface area contributed by atoms with Gasteiger partial charge in [-0.15, -0.1) is 0 Å². The molecular weight excluding hydrogens is 391 g/mol. The molecule has 0 bridgehead atoms. The number of aromatic nitrogens is 3. The Hall–Kier alpha value is -2.01. The number of rotatable bonds is 4. The van der Waals surface area contributed by atoms with Gasteiger partial charge in [0.2, 0.25) is 0 Å². The molecule has 3 aromatic rings. The molecule has 1 aliphatic rings. The van der Waals surface area contributed by atoms with E-state index in [9.17, 15) is 0 Å². The number of nitrogens with zero attached hydrogens (tertiary/aromatic N) is 4. The molecule has 0 aliphatic carbocycles. The number of hydrogen-bond acceptors (Lipinski definition) is 4. The smallest absolute Gasteiger partial charge is 0.131 e. The van der Waals surface area contributed by atoms with Crippen LogP contribution >= 0.6 is 23.2 Å². The maximum absolute atomic E-state index is 6.10. The van der Waals surface area contributed by atoms with Crippen LogP contribution in [0.4, 0.5) is 0 Å². The minimum atomic E-state index is 0.363. The van der Waals surface area contributed by atoms with E-state index in [1.807, 2.05) is 30.6 Å². The fraction of sp³-hybridized carbons (Fsp3) is 0.318. The van der Waals surface area contributed by atoms with Gasteiger partial charge in [-0.05, 0) is 29.8 Å². The predicted octanol–water partition coefficient (Wildman–Crippen LogP) is 5.53. The molecule has 0 spiro atoms. The molecule has 28 heavy (non-hydrogen) atoms. The third kappa shape index (κ3) is 4.35. The van der Waals surface area contributed by atoms with Crippen LogP contribution in [-0.2, 0) is 19.5 Å². The van der Waals surface area contributed by atoms with Crippen LogP contribution in [-0.4, -0.2) is 26.4 Å². The quantitative estimate of drug-likeness (QED) is 0.564. The standard InChI is InChI=1S/C22H22Cl2N4/c1-14(2)22-26-11-17-13-28(6-5-21(17)27-22)12-15-3-4-20(25-10-15)16-7-18(23)9-19(24)8-16/h3-4,7-11,14H,5-6,12-13H2,1-2H3. The van der Waals surface area contributed by atoms with Crippen molar-refractivity contribution >= 4 is 23.2 Å². The number of halogens is 2. The molecule has 2 aromatic heterocycles. The molecule has 1 aromatic carbocycles. The lowest BCUT2D eigenvalue weighted by atomic mass is 10.1. The molecule has 6 heteroatoms. The molecule has 0 fully saturated rings. The zero-order valence-corrected chi connectivity index (χ0v) is 17.5. The fourth-order valence-electron chi connectivity index (χ4n) is 3.45. The Kier molecular flexibility index (Phi) is 5.63. The monoisotopic (exact) mass is 412 g/mol. The summed E-state index contributed by atoms with van der Waals surface area (Å²) >= 11 is 12.2. The van der Waals surface area contributed by atoms with Crippen LogP contribution < -0.4 is 0 Å². The van der Waals surface area contributed by atoms with E-state index < -0.39 is 0 Å². The third-order valence-electron chi connectivity index (χ3n) is 4.94. The largest absolute Gasteiger partial charge is 0.294 e. The van der Waals surface area contributed by atoms with Crippen LogP contribution in [0.15, 0.2) is 42.7 Å². The Morgan fingerprint density at radius 2 is 1.82 bits per heavy atom. The lowest BCUT2D eigenvalue weighted by molar-refractivity contribution is 0.242. The van der Waals surface area contributed by atoms with Crippen molar-refractivity contribution in [1.29, 1.82) is 0 Å². The molecule has 0 atom stereocenters. The van der Waals surface area contributed by atoms with Gasteiger partial charge in [-0.1, -0.05) is 43.1 Å². The molecule has 1 aliphatic heterocycles. The maximum atomic E-state index is 6.10. The summed E-state index contributed by atoms with van der Waals surface area (Å²) in [4.78, 5) is 16.3. The van der Waals surface area contributed by atoms with Crippen LogP contribution in [0.5, 0.6) is 0 Å². The van der Waals surface area contributed by atoms with Gasteiger partial charge < -0.3 is 0 Å². The van der Waals surface area contributed by atoms with Crippen LogP contribution in [0.25, 0.3) is 11.3 Å². The molecule has 4 nitrogen and oxygen atoms in total. The highest BCUT2D eigenvalue weighted by molar-refractivity contribution is 6.35. The summed E-state index contributed by atoms with van der Waals surface area (Å²) in [7, 11) is 0. The zero-order valence-electron chi connectivity index (χ0n) is 16.0. The van der Waals surface area contributed by atoms with E-state index in [0.717, 1.165) is 43.1 Å². The van der Waals surface area contributed by atoms with Gasteiger partial charge in [0, 0.05) is 71.2 Å². The first-order valence-electron chi connectivity index (χ1n) is 9.46. The third-order valence-corrected chi connectivity index (χ3v) is 5.37. The number of pyridine rings is 1. The molecule has 4 rings (SSSR count). The van der Waals surface area contributed by atoms with Crippen molar-refractivity contribution in [3.8, 4) is 11.3 Å². The summed E-state index contributed by atoms with van der Waals surface area (Å²) in [6.07, 6.45) is 4.89. The van der Waals surface area contributed by atoms with Crippen molar-refractivity contribution in [2.45, 2.75) is 39.3 Å². The molecule has 0 amide bonds. The molecular formula is C22H22Cl2N4. The van der Waals surface area contributed by atoms with E-state index in [1.54, 1.807) is 6.07 Å². The number of fused-ring (bicyclic) bond motifs is 1. The van der Waals surface area contributed by atoms with Gasteiger partial charge >= 0.3 is 0 Å².